The Morgan fingerprint density at radius 2 is 1.04 bits per heavy atom. The summed E-state index contributed by atoms with van der Waals surface area (Å²) in [6.45, 7) is 0. The van der Waals surface area contributed by atoms with Gasteiger partial charge < -0.3 is 8.37 Å². The molecule has 3 rings (SSSR count). The maximum atomic E-state index is 13.0. The summed E-state index contributed by atoms with van der Waals surface area (Å²) in [5.41, 5.74) is -0.611. The van der Waals surface area contributed by atoms with Gasteiger partial charge in [0.15, 0.2) is 17.3 Å². The molecule has 2 aromatic rings. The van der Waals surface area contributed by atoms with Gasteiger partial charge in [-0.3, -0.25) is 9.59 Å². The molecule has 1 aliphatic rings. The van der Waals surface area contributed by atoms with Crippen LogP contribution in [-0.4, -0.2) is 40.9 Å². The zero-order chi connectivity index (χ0) is 19.3. The highest BCUT2D eigenvalue weighted by Gasteiger charge is 2.36. The molecule has 0 N–H and O–H groups in total. The fourth-order valence-corrected chi connectivity index (χ4v) is 3.57. The van der Waals surface area contributed by atoms with Crippen molar-refractivity contribution in [2.75, 3.05) is 12.5 Å². The van der Waals surface area contributed by atoms with E-state index in [9.17, 15) is 26.4 Å². The Kier molecular flexibility index (Phi) is 4.12. The molecule has 0 aliphatic heterocycles. The van der Waals surface area contributed by atoms with Gasteiger partial charge in [-0.15, -0.1) is 0 Å². The van der Waals surface area contributed by atoms with Crippen molar-refractivity contribution in [2.24, 2.45) is 0 Å². The summed E-state index contributed by atoms with van der Waals surface area (Å²) >= 11 is 0. The molecule has 0 amide bonds. The van der Waals surface area contributed by atoms with Gasteiger partial charge in [-0.25, -0.2) is 0 Å². The highest BCUT2D eigenvalue weighted by Crippen LogP contribution is 2.37. The molecule has 10 heteroatoms. The Hall–Kier alpha value is -2.72. The quantitative estimate of drug-likeness (QED) is 0.602. The summed E-state index contributed by atoms with van der Waals surface area (Å²) in [5, 5.41) is 0. The van der Waals surface area contributed by atoms with E-state index in [1.807, 2.05) is 0 Å². The number of hydrogen-bond donors (Lipinski definition) is 0. The van der Waals surface area contributed by atoms with E-state index in [0.29, 0.717) is 0 Å². The van der Waals surface area contributed by atoms with Gasteiger partial charge >= 0.3 is 20.2 Å². The van der Waals surface area contributed by atoms with Gasteiger partial charge in [0.1, 0.15) is 0 Å². The maximum absolute atomic E-state index is 13.0. The van der Waals surface area contributed by atoms with Gasteiger partial charge in [0.05, 0.1) is 23.6 Å². The number of benzene rings is 2. The van der Waals surface area contributed by atoms with Crippen molar-refractivity contribution in [1.82, 2.24) is 0 Å². The Balaban J connectivity index is 2.27. The fourth-order valence-electron chi connectivity index (χ4n) is 2.64. The number of hydrogen-bond acceptors (Lipinski definition) is 8. The second-order valence-corrected chi connectivity index (χ2v) is 8.74. The standard InChI is InChI=1S/C16H12O8S2/c1-25(19,20)23-11-7-3-5-9-13(11)16(18)14-10(15(9)17)6-4-8-12(14)24-26(2,21)22/h3-8H,1-2H3. The highest BCUT2D eigenvalue weighted by atomic mass is 32.2. The largest absolute Gasteiger partial charge is 0.382 e. The van der Waals surface area contributed by atoms with E-state index < -0.39 is 31.8 Å². The van der Waals surface area contributed by atoms with Crippen molar-refractivity contribution in [3.05, 3.63) is 58.7 Å². The minimum atomic E-state index is -3.96. The Morgan fingerprint density at radius 1 is 0.654 bits per heavy atom. The predicted octanol–water partition coefficient (Wildman–Crippen LogP) is 1.14. The second kappa shape index (κ2) is 5.92. The zero-order valence-corrected chi connectivity index (χ0v) is 15.2. The molecule has 0 atom stereocenters. The van der Waals surface area contributed by atoms with E-state index in [1.165, 1.54) is 36.4 Å². The maximum Gasteiger partial charge on any atom is 0.306 e. The summed E-state index contributed by atoms with van der Waals surface area (Å²) in [4.78, 5) is 25.7. The van der Waals surface area contributed by atoms with Crippen LogP contribution in [0.15, 0.2) is 36.4 Å². The number of fused-ring (bicyclic) bond motifs is 2. The third-order valence-corrected chi connectivity index (χ3v) is 4.44. The van der Waals surface area contributed by atoms with Crippen LogP contribution in [0, 0.1) is 0 Å². The molecule has 26 heavy (non-hydrogen) atoms. The fraction of sp³-hybridized carbons (Fsp3) is 0.125. The summed E-state index contributed by atoms with van der Waals surface area (Å²) in [7, 11) is -7.92. The van der Waals surface area contributed by atoms with Crippen molar-refractivity contribution < 1.29 is 34.8 Å². The van der Waals surface area contributed by atoms with E-state index in [4.69, 9.17) is 8.37 Å². The SMILES string of the molecule is CS(=O)(=O)Oc1cccc2c1C(=O)c1c(OS(C)(=O)=O)cccc1C2=O. The van der Waals surface area contributed by atoms with Crippen LogP contribution in [0.2, 0.25) is 0 Å². The third-order valence-electron chi connectivity index (χ3n) is 3.48. The normalized spacial score (nSPS) is 13.8. The molecule has 1 aliphatic carbocycles. The summed E-state index contributed by atoms with van der Waals surface area (Å²) in [6.07, 6.45) is 1.60. The first-order valence-electron chi connectivity index (χ1n) is 7.12. The van der Waals surface area contributed by atoms with Crippen molar-refractivity contribution in [2.45, 2.75) is 0 Å². The lowest BCUT2D eigenvalue weighted by molar-refractivity contribution is 0.0976. The second-order valence-electron chi connectivity index (χ2n) is 5.59. The van der Waals surface area contributed by atoms with E-state index >= 15 is 0 Å². The molecule has 0 spiro atoms. The van der Waals surface area contributed by atoms with Gasteiger partial charge in [0.2, 0.25) is 5.78 Å². The molecule has 0 saturated heterocycles. The van der Waals surface area contributed by atoms with Crippen LogP contribution in [0.1, 0.15) is 31.8 Å². The minimum Gasteiger partial charge on any atom is -0.382 e. The average molecular weight is 396 g/mol. The Labute approximate surface area is 149 Å². The topological polar surface area (TPSA) is 121 Å². The predicted molar refractivity (Wildman–Crippen MR) is 90.7 cm³/mol. The monoisotopic (exact) mass is 396 g/mol. The Bertz CT molecular complexity index is 1070. The molecule has 0 aromatic heterocycles. The van der Waals surface area contributed by atoms with Gasteiger partial charge in [-0.1, -0.05) is 24.3 Å². The number of carbonyl (C=O) groups excluding carboxylic acids is 2. The average Bonchev–Trinajstić information content (AvgIpc) is 2.49. The molecular formula is C16H12O8S2. The van der Waals surface area contributed by atoms with Gasteiger partial charge in [0, 0.05) is 11.1 Å². The minimum absolute atomic E-state index is 0.0415. The Morgan fingerprint density at radius 3 is 1.38 bits per heavy atom. The lowest BCUT2D eigenvalue weighted by Gasteiger charge is -2.21. The molecule has 0 radical (unpaired) electrons. The smallest absolute Gasteiger partial charge is 0.306 e. The van der Waals surface area contributed by atoms with Gasteiger partial charge in [0.25, 0.3) is 0 Å². The lowest BCUT2D eigenvalue weighted by Crippen LogP contribution is -2.24. The van der Waals surface area contributed by atoms with Crippen molar-refractivity contribution in [3.63, 3.8) is 0 Å². The van der Waals surface area contributed by atoms with Crippen LogP contribution in [0.25, 0.3) is 0 Å². The van der Waals surface area contributed by atoms with Crippen LogP contribution in [0.4, 0.5) is 0 Å². The van der Waals surface area contributed by atoms with Crippen LogP contribution in [0.5, 0.6) is 11.5 Å². The molecule has 2 aromatic carbocycles. The number of carbonyl (C=O) groups is 2. The first-order valence-corrected chi connectivity index (χ1v) is 10.8. The van der Waals surface area contributed by atoms with Crippen molar-refractivity contribution in [1.29, 1.82) is 0 Å². The lowest BCUT2D eigenvalue weighted by atomic mass is 9.83. The summed E-state index contributed by atoms with van der Waals surface area (Å²) < 4.78 is 55.4. The molecule has 0 fully saturated rings. The molecule has 8 nitrogen and oxygen atoms in total. The first-order chi connectivity index (χ1) is 12.0. The molecule has 0 saturated carbocycles. The zero-order valence-electron chi connectivity index (χ0n) is 13.5. The van der Waals surface area contributed by atoms with Crippen LogP contribution in [-0.2, 0) is 20.2 Å². The van der Waals surface area contributed by atoms with E-state index in [1.54, 1.807) is 0 Å². The van der Waals surface area contributed by atoms with Crippen LogP contribution >= 0.6 is 0 Å². The first kappa shape index (κ1) is 18.1. The summed E-state index contributed by atoms with van der Waals surface area (Å²) in [5.74, 6) is -1.98. The number of rotatable bonds is 4. The molecule has 0 unspecified atom stereocenters. The summed E-state index contributed by atoms with van der Waals surface area (Å²) in [6, 6.07) is 7.94. The molecule has 0 heterocycles. The van der Waals surface area contributed by atoms with Crippen LogP contribution < -0.4 is 8.37 Å². The van der Waals surface area contributed by atoms with Gasteiger partial charge in [-0.05, 0) is 12.1 Å². The van der Waals surface area contributed by atoms with Gasteiger partial charge in [-0.2, -0.15) is 16.8 Å². The number of ketones is 2. The van der Waals surface area contributed by atoms with E-state index in [2.05, 4.69) is 0 Å². The molecule has 0 bridgehead atoms. The van der Waals surface area contributed by atoms with Crippen LogP contribution in [0.3, 0.4) is 0 Å². The highest BCUT2D eigenvalue weighted by molar-refractivity contribution is 7.86. The third kappa shape index (κ3) is 3.33. The van der Waals surface area contributed by atoms with Crippen molar-refractivity contribution >= 4 is 31.8 Å². The van der Waals surface area contributed by atoms with Crippen molar-refractivity contribution in [3.8, 4) is 11.5 Å². The molecular weight excluding hydrogens is 384 g/mol. The molecule has 136 valence electrons. The van der Waals surface area contributed by atoms with E-state index in [-0.39, 0.29) is 33.8 Å². The van der Waals surface area contributed by atoms with E-state index in [0.717, 1.165) is 12.5 Å².